The maximum absolute atomic E-state index is 13.4. The molecule has 2 aromatic rings. The van der Waals surface area contributed by atoms with Gasteiger partial charge in [0.15, 0.2) is 5.82 Å². The third kappa shape index (κ3) is 6.65. The molecule has 11 nitrogen and oxygen atoms in total. The van der Waals surface area contributed by atoms with E-state index in [1.54, 1.807) is 62.3 Å². The highest BCUT2D eigenvalue weighted by Crippen LogP contribution is 2.36. The van der Waals surface area contributed by atoms with Crippen LogP contribution in [0.5, 0.6) is 0 Å². The SMILES string of the molecule is CC(C)(C)OC(=O)N(C(=O)OC(C)(C)C)c1c(C(N)=O)c2ccc(N)cc2n1C(=O)OC(C)(C)C. The van der Waals surface area contributed by atoms with E-state index >= 15 is 0 Å². The molecule has 2 rings (SSSR count). The number of fused-ring (bicyclic) bond motifs is 1. The van der Waals surface area contributed by atoms with Gasteiger partial charge >= 0.3 is 18.3 Å². The van der Waals surface area contributed by atoms with Gasteiger partial charge in [-0.1, -0.05) is 0 Å². The van der Waals surface area contributed by atoms with Gasteiger partial charge in [0.05, 0.1) is 11.1 Å². The lowest BCUT2D eigenvalue weighted by atomic mass is 10.1. The zero-order chi connectivity index (χ0) is 27.1. The number of carbonyl (C=O) groups is 4. The number of imide groups is 1. The van der Waals surface area contributed by atoms with E-state index in [2.05, 4.69) is 0 Å². The summed E-state index contributed by atoms with van der Waals surface area (Å²) >= 11 is 0. The first-order valence-electron chi connectivity index (χ1n) is 10.9. The van der Waals surface area contributed by atoms with Crippen molar-refractivity contribution in [1.82, 2.24) is 4.57 Å². The molecule has 192 valence electrons. The van der Waals surface area contributed by atoms with Gasteiger partial charge in [0.1, 0.15) is 16.8 Å². The van der Waals surface area contributed by atoms with E-state index in [0.29, 0.717) is 4.90 Å². The number of hydrogen-bond acceptors (Lipinski definition) is 8. The lowest BCUT2D eigenvalue weighted by Crippen LogP contribution is -2.46. The van der Waals surface area contributed by atoms with Crippen LogP contribution in [0.15, 0.2) is 18.2 Å². The van der Waals surface area contributed by atoms with Crippen LogP contribution in [0.4, 0.5) is 25.9 Å². The highest BCUT2D eigenvalue weighted by molar-refractivity contribution is 6.21. The van der Waals surface area contributed by atoms with Crippen LogP contribution in [0.1, 0.15) is 72.7 Å². The van der Waals surface area contributed by atoms with Crippen molar-refractivity contribution in [1.29, 1.82) is 0 Å². The predicted molar refractivity (Wildman–Crippen MR) is 131 cm³/mol. The molecule has 4 N–H and O–H groups in total. The Morgan fingerprint density at radius 2 is 1.26 bits per heavy atom. The van der Waals surface area contributed by atoms with Crippen LogP contribution in [0.3, 0.4) is 0 Å². The molecule has 0 fully saturated rings. The first-order valence-corrected chi connectivity index (χ1v) is 10.9. The van der Waals surface area contributed by atoms with Crippen molar-refractivity contribution >= 4 is 46.6 Å². The minimum Gasteiger partial charge on any atom is -0.443 e. The summed E-state index contributed by atoms with van der Waals surface area (Å²) in [6, 6.07) is 4.35. The van der Waals surface area contributed by atoms with E-state index in [4.69, 9.17) is 25.7 Å². The van der Waals surface area contributed by atoms with Crippen LogP contribution in [0.2, 0.25) is 0 Å². The zero-order valence-corrected chi connectivity index (χ0v) is 21.6. The number of nitrogen functional groups attached to an aromatic ring is 1. The molecule has 0 saturated carbocycles. The molecular weight excluding hydrogens is 456 g/mol. The van der Waals surface area contributed by atoms with Gasteiger partial charge in [-0.2, -0.15) is 4.90 Å². The maximum Gasteiger partial charge on any atom is 0.425 e. The third-order valence-electron chi connectivity index (χ3n) is 4.15. The molecule has 0 bridgehead atoms. The first-order chi connectivity index (χ1) is 15.7. The van der Waals surface area contributed by atoms with Gasteiger partial charge in [0, 0.05) is 11.1 Å². The summed E-state index contributed by atoms with van der Waals surface area (Å²) in [6.07, 6.45) is -3.35. The van der Waals surface area contributed by atoms with Gasteiger partial charge in [0.2, 0.25) is 0 Å². The van der Waals surface area contributed by atoms with E-state index in [-0.39, 0.29) is 22.2 Å². The van der Waals surface area contributed by atoms with Gasteiger partial charge in [0.25, 0.3) is 5.91 Å². The number of rotatable bonds is 2. The number of ether oxygens (including phenoxy) is 3. The van der Waals surface area contributed by atoms with Gasteiger partial charge in [-0.15, -0.1) is 0 Å². The Labute approximate surface area is 204 Å². The molecule has 1 aromatic carbocycles. The molecule has 35 heavy (non-hydrogen) atoms. The first kappa shape index (κ1) is 27.5. The van der Waals surface area contributed by atoms with Crippen LogP contribution < -0.4 is 16.4 Å². The van der Waals surface area contributed by atoms with Gasteiger partial charge in [-0.3, -0.25) is 4.79 Å². The second-order valence-corrected chi connectivity index (χ2v) is 11.0. The highest BCUT2D eigenvalue weighted by Gasteiger charge is 2.40. The normalized spacial score (nSPS) is 12.3. The number of carbonyl (C=O) groups excluding carboxylic acids is 4. The van der Waals surface area contributed by atoms with E-state index in [1.807, 2.05) is 0 Å². The predicted octanol–water partition coefficient (Wildman–Crippen LogP) is 4.78. The lowest BCUT2D eigenvalue weighted by molar-refractivity contribution is 0.0426. The number of primary amides is 1. The number of nitrogens with zero attached hydrogens (tertiary/aromatic N) is 2. The Hall–Kier alpha value is -3.76. The Morgan fingerprint density at radius 1 is 0.800 bits per heavy atom. The van der Waals surface area contributed by atoms with Crippen molar-refractivity contribution < 1.29 is 33.4 Å². The summed E-state index contributed by atoms with van der Waals surface area (Å²) in [6.45, 7) is 14.5. The molecule has 0 radical (unpaired) electrons. The lowest BCUT2D eigenvalue weighted by Gasteiger charge is -2.29. The minimum absolute atomic E-state index is 0.0974. The van der Waals surface area contributed by atoms with Gasteiger partial charge in [-0.05, 0) is 80.5 Å². The highest BCUT2D eigenvalue weighted by atomic mass is 16.6. The van der Waals surface area contributed by atoms with Crippen LogP contribution >= 0.6 is 0 Å². The average molecular weight is 491 g/mol. The van der Waals surface area contributed by atoms with E-state index in [0.717, 1.165) is 4.57 Å². The zero-order valence-electron chi connectivity index (χ0n) is 21.6. The molecule has 3 amide bonds. The fourth-order valence-electron chi connectivity index (χ4n) is 3.10. The van der Waals surface area contributed by atoms with Gasteiger partial charge < -0.3 is 25.7 Å². The molecule has 1 aromatic heterocycles. The van der Waals surface area contributed by atoms with Crippen molar-refractivity contribution in [3.8, 4) is 0 Å². The van der Waals surface area contributed by atoms with E-state index in [1.165, 1.54) is 18.2 Å². The standard InChI is InChI=1S/C24H34N4O7/c1-22(2,3)33-19(30)27-15-12-13(25)10-11-14(15)16(17(26)29)18(27)28(20(31)34-23(4,5)6)21(32)35-24(7,8)9/h10-12H,25H2,1-9H3,(H2,26,29). The Balaban J connectivity index is 3.00. The van der Waals surface area contributed by atoms with Crippen LogP contribution in [0.25, 0.3) is 10.9 Å². The summed E-state index contributed by atoms with van der Waals surface area (Å²) in [5.74, 6) is -1.48. The maximum atomic E-state index is 13.4. The molecule has 0 saturated heterocycles. The fraction of sp³-hybridized carbons (Fsp3) is 0.500. The van der Waals surface area contributed by atoms with Gasteiger partial charge in [-0.25, -0.2) is 19.0 Å². The summed E-state index contributed by atoms with van der Waals surface area (Å²) in [7, 11) is 0. The molecule has 1 heterocycles. The molecule has 0 aliphatic carbocycles. The molecule has 0 atom stereocenters. The second kappa shape index (κ2) is 9.12. The largest absolute Gasteiger partial charge is 0.443 e. The topological polar surface area (TPSA) is 156 Å². The number of hydrogen-bond donors (Lipinski definition) is 2. The summed E-state index contributed by atoms with van der Waals surface area (Å²) in [5.41, 5.74) is 8.67. The van der Waals surface area contributed by atoms with Crippen LogP contribution in [-0.2, 0) is 14.2 Å². The van der Waals surface area contributed by atoms with Crippen LogP contribution in [0, 0.1) is 0 Å². The van der Waals surface area contributed by atoms with Crippen molar-refractivity contribution in [3.05, 3.63) is 23.8 Å². The number of benzene rings is 1. The smallest absolute Gasteiger partial charge is 0.425 e. The average Bonchev–Trinajstić information content (AvgIpc) is 2.90. The summed E-state index contributed by atoms with van der Waals surface area (Å²) < 4.78 is 17.3. The van der Waals surface area contributed by atoms with Crippen molar-refractivity contribution in [3.63, 3.8) is 0 Å². The molecule has 0 aliphatic heterocycles. The molecule has 0 aliphatic rings. The second-order valence-electron chi connectivity index (χ2n) is 11.0. The Kier molecular flexibility index (Phi) is 7.16. The molecular formula is C24H34N4O7. The van der Waals surface area contributed by atoms with Crippen molar-refractivity contribution in [2.24, 2.45) is 5.73 Å². The van der Waals surface area contributed by atoms with Crippen molar-refractivity contribution in [2.45, 2.75) is 79.1 Å². The number of anilines is 2. The summed E-state index contributed by atoms with van der Waals surface area (Å²) in [5, 5.41) is 0.171. The molecule has 11 heteroatoms. The molecule has 0 unspecified atom stereocenters. The Morgan fingerprint density at radius 3 is 1.66 bits per heavy atom. The molecule has 0 spiro atoms. The van der Waals surface area contributed by atoms with Crippen molar-refractivity contribution in [2.75, 3.05) is 10.6 Å². The number of amides is 3. The van der Waals surface area contributed by atoms with E-state index < -0.39 is 46.8 Å². The fourth-order valence-corrected chi connectivity index (χ4v) is 3.10. The third-order valence-corrected chi connectivity index (χ3v) is 4.15. The minimum atomic E-state index is -1.19. The number of aromatic nitrogens is 1. The summed E-state index contributed by atoms with van der Waals surface area (Å²) in [4.78, 5) is 53.2. The van der Waals surface area contributed by atoms with E-state index in [9.17, 15) is 19.2 Å². The van der Waals surface area contributed by atoms with Crippen LogP contribution in [-0.4, -0.2) is 45.6 Å². The quantitative estimate of drug-likeness (QED) is 0.450. The number of nitrogens with two attached hydrogens (primary N) is 2. The Bertz CT molecular complexity index is 1150. The monoisotopic (exact) mass is 490 g/mol.